The summed E-state index contributed by atoms with van der Waals surface area (Å²) in [6.07, 6.45) is 0. The standard InChI is InChI=1S/C46H27N5OS/c1-3-12-28(13-4-1)43-48-44(29-22-24-39-35(26-29)32-16-7-9-20-38(32)51(39)31-14-5-2-6-15-31)50-45(49-43)34-18-11-17-33-36-27-30(23-25-41(36)53-42(33)34)46-47-37-19-8-10-21-40(37)52-46/h1-27H. The summed E-state index contributed by atoms with van der Waals surface area (Å²) in [7, 11) is 0. The van der Waals surface area contributed by atoms with Crippen LogP contribution < -0.4 is 0 Å². The molecule has 0 atom stereocenters. The molecule has 0 aliphatic rings. The monoisotopic (exact) mass is 697 g/mol. The van der Waals surface area contributed by atoms with Crippen LogP contribution in [0.3, 0.4) is 0 Å². The zero-order valence-electron chi connectivity index (χ0n) is 28.1. The molecule has 7 aromatic carbocycles. The number of fused-ring (bicyclic) bond motifs is 7. The van der Waals surface area contributed by atoms with Gasteiger partial charge in [0.2, 0.25) is 5.89 Å². The number of benzene rings is 7. The number of hydrogen-bond acceptors (Lipinski definition) is 6. The van der Waals surface area contributed by atoms with Crippen LogP contribution in [0, 0.1) is 0 Å². The third kappa shape index (κ3) is 4.86. The second kappa shape index (κ2) is 11.8. The molecule has 248 valence electrons. The van der Waals surface area contributed by atoms with Gasteiger partial charge in [0.1, 0.15) is 5.52 Å². The lowest BCUT2D eigenvalue weighted by molar-refractivity contribution is 0.620. The molecule has 0 saturated heterocycles. The van der Waals surface area contributed by atoms with Gasteiger partial charge in [-0.15, -0.1) is 11.3 Å². The molecular weight excluding hydrogens is 671 g/mol. The van der Waals surface area contributed by atoms with Gasteiger partial charge in [-0.05, 0) is 72.8 Å². The molecule has 0 saturated carbocycles. The van der Waals surface area contributed by atoms with E-state index in [1.807, 2.05) is 54.6 Å². The topological polar surface area (TPSA) is 69.6 Å². The van der Waals surface area contributed by atoms with Gasteiger partial charge in [0.25, 0.3) is 0 Å². The minimum absolute atomic E-state index is 0.613. The van der Waals surface area contributed by atoms with E-state index in [0.29, 0.717) is 23.4 Å². The zero-order valence-corrected chi connectivity index (χ0v) is 29.0. The van der Waals surface area contributed by atoms with E-state index in [-0.39, 0.29) is 0 Å². The van der Waals surface area contributed by atoms with Crippen LogP contribution in [0.25, 0.3) is 104 Å². The minimum atomic E-state index is 0.613. The van der Waals surface area contributed by atoms with Gasteiger partial charge in [-0.1, -0.05) is 91.0 Å². The molecule has 4 aromatic heterocycles. The highest BCUT2D eigenvalue weighted by atomic mass is 32.1. The van der Waals surface area contributed by atoms with Crippen molar-refractivity contribution in [2.24, 2.45) is 0 Å². The second-order valence-electron chi connectivity index (χ2n) is 13.1. The molecule has 0 N–H and O–H groups in total. The first-order valence-electron chi connectivity index (χ1n) is 17.5. The quantitative estimate of drug-likeness (QED) is 0.179. The fourth-order valence-corrected chi connectivity index (χ4v) is 8.60. The minimum Gasteiger partial charge on any atom is -0.436 e. The average Bonchev–Trinajstić information content (AvgIpc) is 3.93. The molecule has 0 radical (unpaired) electrons. The molecule has 11 rings (SSSR count). The highest BCUT2D eigenvalue weighted by molar-refractivity contribution is 7.26. The van der Waals surface area contributed by atoms with Crippen molar-refractivity contribution in [2.45, 2.75) is 0 Å². The lowest BCUT2D eigenvalue weighted by atomic mass is 10.1. The van der Waals surface area contributed by atoms with Gasteiger partial charge in [-0.25, -0.2) is 19.9 Å². The van der Waals surface area contributed by atoms with Crippen LogP contribution in [-0.2, 0) is 0 Å². The number of oxazole rings is 1. The highest BCUT2D eigenvalue weighted by Crippen LogP contribution is 2.42. The van der Waals surface area contributed by atoms with E-state index in [4.69, 9.17) is 24.4 Å². The van der Waals surface area contributed by atoms with Crippen LogP contribution in [-0.4, -0.2) is 24.5 Å². The third-order valence-corrected chi connectivity index (χ3v) is 11.1. The summed E-state index contributed by atoms with van der Waals surface area (Å²) >= 11 is 1.75. The van der Waals surface area contributed by atoms with Crippen molar-refractivity contribution in [3.63, 3.8) is 0 Å². The van der Waals surface area contributed by atoms with Gasteiger partial charge >= 0.3 is 0 Å². The Morgan fingerprint density at radius 2 is 1.13 bits per heavy atom. The lowest BCUT2D eigenvalue weighted by Gasteiger charge is -2.10. The molecule has 6 nitrogen and oxygen atoms in total. The molecule has 0 unspecified atom stereocenters. The normalized spacial score (nSPS) is 11.8. The van der Waals surface area contributed by atoms with E-state index in [2.05, 4.69) is 114 Å². The summed E-state index contributed by atoms with van der Waals surface area (Å²) in [5.41, 5.74) is 8.81. The number of thiophene rings is 1. The fraction of sp³-hybridized carbons (Fsp3) is 0. The van der Waals surface area contributed by atoms with E-state index < -0.39 is 0 Å². The van der Waals surface area contributed by atoms with Crippen molar-refractivity contribution in [2.75, 3.05) is 0 Å². The number of rotatable bonds is 5. The summed E-state index contributed by atoms with van der Waals surface area (Å²) in [6, 6.07) is 56.4. The Kier molecular flexibility index (Phi) is 6.62. The largest absolute Gasteiger partial charge is 0.436 e. The number of nitrogens with zero attached hydrogens (tertiary/aromatic N) is 5. The van der Waals surface area contributed by atoms with E-state index in [1.165, 1.54) is 10.1 Å². The Hall–Kier alpha value is -6.96. The average molecular weight is 698 g/mol. The van der Waals surface area contributed by atoms with Crippen LogP contribution in [0.2, 0.25) is 0 Å². The van der Waals surface area contributed by atoms with Crippen molar-refractivity contribution in [1.82, 2.24) is 24.5 Å². The Balaban J connectivity index is 1.09. The second-order valence-corrected chi connectivity index (χ2v) is 14.1. The van der Waals surface area contributed by atoms with Gasteiger partial charge in [0.15, 0.2) is 23.1 Å². The summed E-state index contributed by atoms with van der Waals surface area (Å²) < 4.78 is 10.7. The van der Waals surface area contributed by atoms with E-state index in [1.54, 1.807) is 11.3 Å². The molecule has 7 heteroatoms. The van der Waals surface area contributed by atoms with E-state index >= 15 is 0 Å². The van der Waals surface area contributed by atoms with Crippen molar-refractivity contribution in [1.29, 1.82) is 0 Å². The molecule has 53 heavy (non-hydrogen) atoms. The Morgan fingerprint density at radius 1 is 0.453 bits per heavy atom. The molecule has 0 amide bonds. The van der Waals surface area contributed by atoms with Crippen molar-refractivity contribution in [3.05, 3.63) is 164 Å². The maximum Gasteiger partial charge on any atom is 0.227 e. The van der Waals surface area contributed by atoms with Gasteiger partial charge in [-0.3, -0.25) is 0 Å². The van der Waals surface area contributed by atoms with Crippen LogP contribution in [0.15, 0.2) is 168 Å². The number of aromatic nitrogens is 5. The van der Waals surface area contributed by atoms with Crippen molar-refractivity contribution >= 4 is 64.4 Å². The van der Waals surface area contributed by atoms with Crippen LogP contribution >= 0.6 is 11.3 Å². The molecule has 11 aromatic rings. The Bertz CT molecular complexity index is 3150. The Morgan fingerprint density at radius 3 is 2.00 bits per heavy atom. The van der Waals surface area contributed by atoms with Crippen molar-refractivity contribution < 1.29 is 4.42 Å². The summed E-state index contributed by atoms with van der Waals surface area (Å²) in [4.78, 5) is 20.2. The maximum absolute atomic E-state index is 6.13. The highest BCUT2D eigenvalue weighted by Gasteiger charge is 2.19. The molecule has 4 heterocycles. The molecular formula is C46H27N5OS. The van der Waals surface area contributed by atoms with Gasteiger partial charge < -0.3 is 8.98 Å². The lowest BCUT2D eigenvalue weighted by Crippen LogP contribution is -2.00. The molecule has 0 aliphatic carbocycles. The molecule has 0 bridgehead atoms. The summed E-state index contributed by atoms with van der Waals surface area (Å²) in [6.45, 7) is 0. The molecule has 0 aliphatic heterocycles. The van der Waals surface area contributed by atoms with Crippen molar-refractivity contribution in [3.8, 4) is 51.3 Å². The van der Waals surface area contributed by atoms with Gasteiger partial charge in [0, 0.05) is 58.9 Å². The van der Waals surface area contributed by atoms with E-state index in [9.17, 15) is 0 Å². The van der Waals surface area contributed by atoms with Crippen LogP contribution in [0.5, 0.6) is 0 Å². The van der Waals surface area contributed by atoms with E-state index in [0.717, 1.165) is 70.9 Å². The van der Waals surface area contributed by atoms with Gasteiger partial charge in [-0.2, -0.15) is 0 Å². The summed E-state index contributed by atoms with van der Waals surface area (Å²) in [5.74, 6) is 2.51. The fourth-order valence-electron chi connectivity index (χ4n) is 7.41. The van der Waals surface area contributed by atoms with Crippen LogP contribution in [0.4, 0.5) is 0 Å². The predicted octanol–water partition coefficient (Wildman–Crippen LogP) is 12.1. The number of hydrogen-bond donors (Lipinski definition) is 0. The van der Waals surface area contributed by atoms with Crippen LogP contribution in [0.1, 0.15) is 0 Å². The third-order valence-electron chi connectivity index (χ3n) is 9.89. The number of para-hydroxylation sites is 4. The first-order valence-corrected chi connectivity index (χ1v) is 18.3. The smallest absolute Gasteiger partial charge is 0.227 e. The molecule has 0 fully saturated rings. The molecule has 0 spiro atoms. The first kappa shape index (κ1) is 29.7. The predicted molar refractivity (Wildman–Crippen MR) is 216 cm³/mol. The maximum atomic E-state index is 6.13. The zero-order chi connectivity index (χ0) is 34.9. The SMILES string of the molecule is c1ccc(-c2nc(-c3ccc4c(c3)c3ccccc3n4-c3ccccc3)nc(-c3cccc4c3sc3ccc(-c5nc6ccccc6o5)cc34)n2)cc1. The summed E-state index contributed by atoms with van der Waals surface area (Å²) in [5, 5.41) is 4.60. The first-order chi connectivity index (χ1) is 26.2. The Labute approximate surface area is 307 Å². The van der Waals surface area contributed by atoms with Gasteiger partial charge in [0.05, 0.1) is 11.0 Å².